The van der Waals surface area contributed by atoms with Crippen LogP contribution in [0.5, 0.6) is 11.9 Å². The smallest absolute Gasteiger partial charge is 0.321 e. The standard InChI is InChI=1S/C27H36N4O6/c1-27(2,35-3)12-14-37-26-29-23(28)22-24(30-26)36-15-13-31(25(22)34)20-10-8-19(9-11-20)18-6-4-17(5-7-18)16-21(32)33/h8-11,17-18H,4-7,12-16H2,1-3H3,(H,32,33)(H2,28,29,30). The Morgan fingerprint density at radius 2 is 1.89 bits per heavy atom. The normalized spacial score (nSPS) is 20.1. The Balaban J connectivity index is 1.43. The van der Waals surface area contributed by atoms with Gasteiger partial charge in [-0.05, 0) is 69.1 Å². The van der Waals surface area contributed by atoms with Gasteiger partial charge in [0.25, 0.3) is 5.91 Å². The number of amides is 1. The van der Waals surface area contributed by atoms with E-state index in [1.54, 1.807) is 12.0 Å². The van der Waals surface area contributed by atoms with Gasteiger partial charge in [-0.1, -0.05) is 12.1 Å². The summed E-state index contributed by atoms with van der Waals surface area (Å²) in [7, 11) is 1.64. The van der Waals surface area contributed by atoms with E-state index in [2.05, 4.69) is 22.1 Å². The highest BCUT2D eigenvalue weighted by Gasteiger charge is 2.31. The summed E-state index contributed by atoms with van der Waals surface area (Å²) in [6.45, 7) is 4.83. The van der Waals surface area contributed by atoms with Crippen LogP contribution in [0.15, 0.2) is 24.3 Å². The molecule has 1 fully saturated rings. The van der Waals surface area contributed by atoms with Crippen LogP contribution in [0.1, 0.15) is 74.2 Å². The maximum Gasteiger partial charge on any atom is 0.321 e. The molecule has 0 bridgehead atoms. The minimum absolute atomic E-state index is 0.0117. The second-order valence-corrected chi connectivity index (χ2v) is 10.3. The molecule has 0 saturated heterocycles. The number of aromatic nitrogens is 2. The number of hydrogen-bond donors (Lipinski definition) is 2. The zero-order valence-corrected chi connectivity index (χ0v) is 21.7. The molecule has 2 heterocycles. The van der Waals surface area contributed by atoms with Crippen molar-refractivity contribution < 1.29 is 28.9 Å². The first-order chi connectivity index (χ1) is 17.7. The number of carboxylic acid groups (broad SMARTS) is 1. The van der Waals surface area contributed by atoms with E-state index >= 15 is 0 Å². The third-order valence-corrected chi connectivity index (χ3v) is 7.37. The molecule has 37 heavy (non-hydrogen) atoms. The second kappa shape index (κ2) is 11.3. The van der Waals surface area contributed by atoms with Crippen LogP contribution in [0.2, 0.25) is 0 Å². The first-order valence-electron chi connectivity index (χ1n) is 12.8. The van der Waals surface area contributed by atoms with Crippen molar-refractivity contribution in [2.24, 2.45) is 5.92 Å². The van der Waals surface area contributed by atoms with E-state index in [0.717, 1.165) is 31.4 Å². The Labute approximate surface area is 217 Å². The molecule has 1 aliphatic carbocycles. The van der Waals surface area contributed by atoms with Crippen LogP contribution >= 0.6 is 0 Å². The molecule has 2 aromatic rings. The van der Waals surface area contributed by atoms with Crippen molar-refractivity contribution in [3.63, 3.8) is 0 Å². The molecule has 1 saturated carbocycles. The summed E-state index contributed by atoms with van der Waals surface area (Å²) < 4.78 is 16.8. The molecule has 3 N–H and O–H groups in total. The number of anilines is 2. The first-order valence-corrected chi connectivity index (χ1v) is 12.8. The van der Waals surface area contributed by atoms with Crippen molar-refractivity contribution in [1.82, 2.24) is 9.97 Å². The first kappa shape index (κ1) is 26.7. The Morgan fingerprint density at radius 3 is 2.54 bits per heavy atom. The number of nitrogens with zero attached hydrogens (tertiary/aromatic N) is 3. The lowest BCUT2D eigenvalue weighted by molar-refractivity contribution is -0.138. The fourth-order valence-corrected chi connectivity index (χ4v) is 4.89. The van der Waals surface area contributed by atoms with Gasteiger partial charge >= 0.3 is 12.0 Å². The topological polar surface area (TPSA) is 137 Å². The predicted octanol–water partition coefficient (Wildman–Crippen LogP) is 4.04. The summed E-state index contributed by atoms with van der Waals surface area (Å²) in [5.74, 6) is -0.243. The van der Waals surface area contributed by atoms with Crippen LogP contribution in [-0.4, -0.2) is 59.4 Å². The minimum Gasteiger partial charge on any atom is -0.481 e. The predicted molar refractivity (Wildman–Crippen MR) is 138 cm³/mol. The van der Waals surface area contributed by atoms with Gasteiger partial charge in [-0.15, -0.1) is 0 Å². The average Bonchev–Trinajstić information content (AvgIpc) is 3.03. The number of aliphatic carboxylic acids is 1. The highest BCUT2D eigenvalue weighted by molar-refractivity contribution is 6.10. The average molecular weight is 513 g/mol. The summed E-state index contributed by atoms with van der Waals surface area (Å²) in [5, 5.41) is 9.04. The van der Waals surface area contributed by atoms with E-state index in [1.165, 1.54) is 5.56 Å². The molecule has 10 nitrogen and oxygen atoms in total. The van der Waals surface area contributed by atoms with Crippen LogP contribution in [0.25, 0.3) is 0 Å². The van der Waals surface area contributed by atoms with Gasteiger partial charge in [0, 0.05) is 25.6 Å². The van der Waals surface area contributed by atoms with E-state index in [-0.39, 0.29) is 53.7 Å². The van der Waals surface area contributed by atoms with Gasteiger partial charge in [0.05, 0.1) is 18.8 Å². The number of carbonyl (C=O) groups is 2. The molecular weight excluding hydrogens is 476 g/mol. The summed E-state index contributed by atoms with van der Waals surface area (Å²) in [5.41, 5.74) is 7.90. The number of hydrogen-bond acceptors (Lipinski definition) is 8. The van der Waals surface area contributed by atoms with Crippen LogP contribution < -0.4 is 20.1 Å². The molecule has 200 valence electrons. The van der Waals surface area contributed by atoms with Crippen LogP contribution in [0.3, 0.4) is 0 Å². The molecule has 1 aliphatic heterocycles. The van der Waals surface area contributed by atoms with Gasteiger partial charge in [-0.25, -0.2) is 0 Å². The van der Waals surface area contributed by atoms with Crippen molar-refractivity contribution in [1.29, 1.82) is 0 Å². The number of nitrogens with two attached hydrogens (primary N) is 1. The van der Waals surface area contributed by atoms with E-state index in [9.17, 15) is 9.59 Å². The van der Waals surface area contributed by atoms with Gasteiger partial charge in [-0.3, -0.25) is 9.59 Å². The SMILES string of the molecule is COC(C)(C)CCOc1nc(N)c2c(n1)OCCN(c1ccc(C3CCC(CC(=O)O)CC3)cc1)C2=O. The fraction of sp³-hybridized carbons (Fsp3) is 0.556. The van der Waals surface area contributed by atoms with Gasteiger partial charge in [-0.2, -0.15) is 9.97 Å². The zero-order valence-electron chi connectivity index (χ0n) is 21.7. The molecule has 1 aromatic carbocycles. The number of carbonyl (C=O) groups excluding carboxylic acids is 1. The Hall–Kier alpha value is -3.40. The van der Waals surface area contributed by atoms with Crippen LogP contribution in [0.4, 0.5) is 11.5 Å². The van der Waals surface area contributed by atoms with E-state index in [0.29, 0.717) is 25.5 Å². The van der Waals surface area contributed by atoms with Gasteiger partial charge < -0.3 is 30.0 Å². The molecule has 10 heteroatoms. The molecule has 1 aromatic heterocycles. The number of nitrogen functional groups attached to an aromatic ring is 1. The number of rotatable bonds is 9. The maximum absolute atomic E-state index is 13.4. The third-order valence-electron chi connectivity index (χ3n) is 7.37. The Kier molecular flexibility index (Phi) is 8.16. The number of benzene rings is 1. The molecule has 4 rings (SSSR count). The van der Waals surface area contributed by atoms with Crippen molar-refractivity contribution in [3.8, 4) is 11.9 Å². The fourth-order valence-electron chi connectivity index (χ4n) is 4.89. The summed E-state index contributed by atoms with van der Waals surface area (Å²) in [4.78, 5) is 34.5. The summed E-state index contributed by atoms with van der Waals surface area (Å²) in [6, 6.07) is 8.04. The van der Waals surface area contributed by atoms with E-state index in [4.69, 9.17) is 25.1 Å². The van der Waals surface area contributed by atoms with E-state index in [1.807, 2.05) is 26.0 Å². The van der Waals surface area contributed by atoms with Crippen molar-refractivity contribution in [2.45, 2.75) is 63.9 Å². The molecule has 1 amide bonds. The number of carboxylic acids is 1. The highest BCUT2D eigenvalue weighted by Crippen LogP contribution is 2.38. The minimum atomic E-state index is -0.721. The molecule has 0 unspecified atom stereocenters. The lowest BCUT2D eigenvalue weighted by atomic mass is 9.77. The summed E-state index contributed by atoms with van der Waals surface area (Å²) >= 11 is 0. The molecule has 2 aliphatic rings. The van der Waals surface area contributed by atoms with Crippen LogP contribution in [0, 0.1) is 5.92 Å². The summed E-state index contributed by atoms with van der Waals surface area (Å²) in [6.07, 6.45) is 4.67. The lowest BCUT2D eigenvalue weighted by Gasteiger charge is -2.28. The third kappa shape index (κ3) is 6.49. The van der Waals surface area contributed by atoms with Crippen molar-refractivity contribution >= 4 is 23.4 Å². The van der Waals surface area contributed by atoms with Gasteiger partial charge in [0.2, 0.25) is 5.88 Å². The van der Waals surface area contributed by atoms with Gasteiger partial charge in [0.15, 0.2) is 0 Å². The molecule has 0 radical (unpaired) electrons. The second-order valence-electron chi connectivity index (χ2n) is 10.3. The molecule has 0 atom stereocenters. The molecular formula is C27H36N4O6. The van der Waals surface area contributed by atoms with Crippen molar-refractivity contribution in [3.05, 3.63) is 35.4 Å². The number of fused-ring (bicyclic) bond motifs is 1. The number of ether oxygens (including phenoxy) is 3. The van der Waals surface area contributed by atoms with E-state index < -0.39 is 5.97 Å². The molecule has 0 spiro atoms. The monoisotopic (exact) mass is 512 g/mol. The number of methoxy groups -OCH3 is 1. The quantitative estimate of drug-likeness (QED) is 0.510. The lowest BCUT2D eigenvalue weighted by Crippen LogP contribution is -2.32. The largest absolute Gasteiger partial charge is 0.481 e. The van der Waals surface area contributed by atoms with Crippen LogP contribution in [-0.2, 0) is 9.53 Å². The van der Waals surface area contributed by atoms with Crippen molar-refractivity contribution in [2.75, 3.05) is 37.5 Å². The zero-order chi connectivity index (χ0) is 26.6. The van der Waals surface area contributed by atoms with Gasteiger partial charge in [0.1, 0.15) is 18.0 Å². The Morgan fingerprint density at radius 1 is 1.19 bits per heavy atom. The maximum atomic E-state index is 13.4. The highest BCUT2D eigenvalue weighted by atomic mass is 16.5. The Bertz CT molecular complexity index is 1110.